The molecule has 1 aromatic heterocycles. The van der Waals surface area contributed by atoms with Crippen LogP contribution in [0.25, 0.3) is 0 Å². The molecule has 2 heterocycles. The normalized spacial score (nSPS) is 15.4. The van der Waals surface area contributed by atoms with E-state index >= 15 is 0 Å². The summed E-state index contributed by atoms with van der Waals surface area (Å²) in [7, 11) is -3.61. The third-order valence-corrected chi connectivity index (χ3v) is 6.68. The van der Waals surface area contributed by atoms with E-state index in [1.165, 1.54) is 10.4 Å². The van der Waals surface area contributed by atoms with E-state index in [-0.39, 0.29) is 10.5 Å². The van der Waals surface area contributed by atoms with Crippen molar-refractivity contribution in [3.8, 4) is 0 Å². The number of nitrogens with zero attached hydrogens (tertiary/aromatic N) is 2. The first-order chi connectivity index (χ1) is 11.5. The molecule has 0 aliphatic carbocycles. The maximum absolute atomic E-state index is 12.7. The molecule has 1 fully saturated rings. The Hall–Kier alpha value is -1.77. The Morgan fingerprint density at radius 2 is 1.92 bits per heavy atom. The molecule has 126 valence electrons. The number of halogens is 1. The van der Waals surface area contributed by atoms with E-state index in [2.05, 4.69) is 26.2 Å². The van der Waals surface area contributed by atoms with Gasteiger partial charge < -0.3 is 5.32 Å². The van der Waals surface area contributed by atoms with Crippen LogP contribution in [0.3, 0.4) is 0 Å². The predicted octanol–water partition coefficient (Wildman–Crippen LogP) is 2.88. The Kier molecular flexibility index (Phi) is 4.98. The summed E-state index contributed by atoms with van der Waals surface area (Å²) >= 11 is 3.28. The number of pyridine rings is 1. The van der Waals surface area contributed by atoms with Crippen LogP contribution in [0, 0.1) is 0 Å². The molecule has 6 nitrogen and oxygen atoms in total. The summed E-state index contributed by atoms with van der Waals surface area (Å²) in [5, 5.41) is 2.65. The van der Waals surface area contributed by atoms with Gasteiger partial charge in [0.15, 0.2) is 0 Å². The summed E-state index contributed by atoms with van der Waals surface area (Å²) in [5.41, 5.74) is 0.265. The summed E-state index contributed by atoms with van der Waals surface area (Å²) in [6, 6.07) is 9.72. The minimum absolute atomic E-state index is 0.109. The topological polar surface area (TPSA) is 79.4 Å². The maximum atomic E-state index is 12.7. The molecule has 0 spiro atoms. The maximum Gasteiger partial charge on any atom is 0.256 e. The van der Waals surface area contributed by atoms with Gasteiger partial charge in [0.1, 0.15) is 5.82 Å². The van der Waals surface area contributed by atoms with E-state index in [0.717, 1.165) is 12.8 Å². The summed E-state index contributed by atoms with van der Waals surface area (Å²) in [6.45, 7) is 1.03. The van der Waals surface area contributed by atoms with Crippen LogP contribution in [0.2, 0.25) is 0 Å². The number of nitrogens with one attached hydrogen (secondary N) is 1. The van der Waals surface area contributed by atoms with Crippen molar-refractivity contribution in [1.82, 2.24) is 9.29 Å². The second-order valence-corrected chi connectivity index (χ2v) is 8.19. The van der Waals surface area contributed by atoms with Gasteiger partial charge in [0, 0.05) is 29.3 Å². The molecule has 1 aliphatic heterocycles. The average Bonchev–Trinajstić information content (AvgIpc) is 3.11. The molecular formula is C16H16BrN3O3S. The van der Waals surface area contributed by atoms with E-state index in [0.29, 0.717) is 23.4 Å². The van der Waals surface area contributed by atoms with Crippen molar-refractivity contribution < 1.29 is 13.2 Å². The molecule has 1 N–H and O–H groups in total. The lowest BCUT2D eigenvalue weighted by Gasteiger charge is -2.17. The highest BCUT2D eigenvalue weighted by Crippen LogP contribution is 2.28. The Morgan fingerprint density at radius 3 is 2.58 bits per heavy atom. The van der Waals surface area contributed by atoms with Gasteiger partial charge in [0.2, 0.25) is 10.0 Å². The molecule has 3 rings (SSSR count). The van der Waals surface area contributed by atoms with E-state index in [1.54, 1.807) is 36.5 Å². The zero-order chi connectivity index (χ0) is 17.2. The molecule has 0 saturated carbocycles. The predicted molar refractivity (Wildman–Crippen MR) is 94.3 cm³/mol. The van der Waals surface area contributed by atoms with E-state index in [4.69, 9.17) is 0 Å². The SMILES string of the molecule is O=C(Nc1ccccn1)c1ccc(Br)c(S(=O)(=O)N2CCCC2)c1. The number of anilines is 1. The fourth-order valence-corrected chi connectivity index (χ4v) is 5.00. The van der Waals surface area contributed by atoms with Gasteiger partial charge in [-0.05, 0) is 59.1 Å². The minimum atomic E-state index is -3.61. The number of hydrogen-bond acceptors (Lipinski definition) is 4. The highest BCUT2D eigenvalue weighted by Gasteiger charge is 2.29. The third-order valence-electron chi connectivity index (χ3n) is 3.78. The lowest BCUT2D eigenvalue weighted by molar-refractivity contribution is 0.102. The van der Waals surface area contributed by atoms with Crippen molar-refractivity contribution in [3.05, 3.63) is 52.6 Å². The third kappa shape index (κ3) is 3.50. The summed E-state index contributed by atoms with van der Waals surface area (Å²) < 4.78 is 27.4. The van der Waals surface area contributed by atoms with Crippen LogP contribution in [0.1, 0.15) is 23.2 Å². The Bertz CT molecular complexity index is 850. The zero-order valence-electron chi connectivity index (χ0n) is 12.8. The minimum Gasteiger partial charge on any atom is -0.307 e. The van der Waals surface area contributed by atoms with Crippen LogP contribution in [0.5, 0.6) is 0 Å². The largest absolute Gasteiger partial charge is 0.307 e. The smallest absolute Gasteiger partial charge is 0.256 e. The summed E-state index contributed by atoms with van der Waals surface area (Å²) in [6.07, 6.45) is 3.29. The molecule has 8 heteroatoms. The lowest BCUT2D eigenvalue weighted by Crippen LogP contribution is -2.28. The summed E-state index contributed by atoms with van der Waals surface area (Å²) in [4.78, 5) is 16.5. The number of amides is 1. The molecule has 1 aliphatic rings. The molecule has 1 aromatic carbocycles. The fourth-order valence-electron chi connectivity index (χ4n) is 2.54. The van der Waals surface area contributed by atoms with Crippen molar-refractivity contribution in [2.75, 3.05) is 18.4 Å². The van der Waals surface area contributed by atoms with E-state index in [1.807, 2.05) is 0 Å². The van der Waals surface area contributed by atoms with Crippen LogP contribution in [-0.2, 0) is 10.0 Å². The second-order valence-electron chi connectivity index (χ2n) is 5.43. The first-order valence-corrected chi connectivity index (χ1v) is 9.74. The highest BCUT2D eigenvalue weighted by molar-refractivity contribution is 9.10. The Morgan fingerprint density at radius 1 is 1.17 bits per heavy atom. The van der Waals surface area contributed by atoms with Gasteiger partial charge in [0.25, 0.3) is 5.91 Å². The molecule has 1 saturated heterocycles. The van der Waals surface area contributed by atoms with Crippen molar-refractivity contribution in [1.29, 1.82) is 0 Å². The first-order valence-electron chi connectivity index (χ1n) is 7.50. The molecule has 0 radical (unpaired) electrons. The molecule has 0 bridgehead atoms. The molecular weight excluding hydrogens is 394 g/mol. The first kappa shape index (κ1) is 17.1. The van der Waals surface area contributed by atoms with Crippen molar-refractivity contribution >= 4 is 37.7 Å². The molecule has 1 amide bonds. The second kappa shape index (κ2) is 7.00. The molecule has 0 atom stereocenters. The van der Waals surface area contributed by atoms with Crippen LogP contribution in [0.4, 0.5) is 5.82 Å². The highest BCUT2D eigenvalue weighted by atomic mass is 79.9. The number of hydrogen-bond donors (Lipinski definition) is 1. The number of sulfonamides is 1. The lowest BCUT2D eigenvalue weighted by atomic mass is 10.2. The van der Waals surface area contributed by atoms with Gasteiger partial charge in [-0.1, -0.05) is 6.07 Å². The van der Waals surface area contributed by atoms with Crippen molar-refractivity contribution in [2.45, 2.75) is 17.7 Å². The van der Waals surface area contributed by atoms with Gasteiger partial charge in [-0.15, -0.1) is 0 Å². The standard InChI is InChI=1S/C16H16BrN3O3S/c17-13-7-6-12(16(21)19-15-5-1-2-8-18-15)11-14(13)24(22,23)20-9-3-4-10-20/h1-2,5-8,11H,3-4,9-10H2,(H,18,19,21). The van der Waals surface area contributed by atoms with Crippen LogP contribution >= 0.6 is 15.9 Å². The van der Waals surface area contributed by atoms with Crippen LogP contribution in [-0.4, -0.2) is 36.7 Å². The quantitative estimate of drug-likeness (QED) is 0.841. The summed E-state index contributed by atoms with van der Waals surface area (Å²) in [5.74, 6) is 0.00782. The van der Waals surface area contributed by atoms with Gasteiger partial charge in [-0.25, -0.2) is 13.4 Å². The Labute approximate surface area is 149 Å². The molecule has 0 unspecified atom stereocenters. The van der Waals surface area contributed by atoms with Gasteiger partial charge >= 0.3 is 0 Å². The van der Waals surface area contributed by atoms with Gasteiger partial charge in [-0.3, -0.25) is 4.79 Å². The van der Waals surface area contributed by atoms with E-state index < -0.39 is 15.9 Å². The number of aromatic nitrogens is 1. The van der Waals surface area contributed by atoms with Crippen LogP contribution < -0.4 is 5.32 Å². The number of carbonyl (C=O) groups excluding carboxylic acids is 1. The Balaban J connectivity index is 1.90. The number of benzene rings is 1. The van der Waals surface area contributed by atoms with E-state index in [9.17, 15) is 13.2 Å². The van der Waals surface area contributed by atoms with Crippen molar-refractivity contribution in [3.63, 3.8) is 0 Å². The van der Waals surface area contributed by atoms with Gasteiger partial charge in [0.05, 0.1) is 4.90 Å². The molecule has 24 heavy (non-hydrogen) atoms. The average molecular weight is 410 g/mol. The number of carbonyl (C=O) groups is 1. The van der Waals surface area contributed by atoms with Gasteiger partial charge in [-0.2, -0.15) is 4.31 Å². The van der Waals surface area contributed by atoms with Crippen LogP contribution in [0.15, 0.2) is 52.0 Å². The number of rotatable bonds is 4. The fraction of sp³-hybridized carbons (Fsp3) is 0.250. The van der Waals surface area contributed by atoms with Crippen molar-refractivity contribution in [2.24, 2.45) is 0 Å². The zero-order valence-corrected chi connectivity index (χ0v) is 15.2. The monoisotopic (exact) mass is 409 g/mol. The molecule has 2 aromatic rings.